The minimum absolute atomic E-state index is 0.507. The molecular formula is C12H8ClN3S2. The van der Waals surface area contributed by atoms with E-state index in [9.17, 15) is 0 Å². The van der Waals surface area contributed by atoms with Crippen LogP contribution < -0.4 is 0 Å². The second-order valence-corrected chi connectivity index (χ2v) is 6.10. The number of hydrogen-bond donors (Lipinski definition) is 0. The molecule has 0 fully saturated rings. The Balaban J connectivity index is 1.86. The molecule has 0 N–H and O–H groups in total. The van der Waals surface area contributed by atoms with Crippen molar-refractivity contribution in [2.75, 3.05) is 0 Å². The van der Waals surface area contributed by atoms with Crippen LogP contribution in [0.3, 0.4) is 0 Å². The number of rotatable bonds is 3. The highest BCUT2D eigenvalue weighted by molar-refractivity contribution is 7.98. The van der Waals surface area contributed by atoms with Gasteiger partial charge in [0.2, 0.25) is 0 Å². The summed E-state index contributed by atoms with van der Waals surface area (Å²) in [6.45, 7) is 0. The largest absolute Gasteiger partial charge is 0.228 e. The normalized spacial score (nSPS) is 10.9. The van der Waals surface area contributed by atoms with Crippen LogP contribution in [0.2, 0.25) is 4.47 Å². The molecule has 0 amide bonds. The molecule has 1 aromatic carbocycles. The molecule has 18 heavy (non-hydrogen) atoms. The van der Waals surface area contributed by atoms with Crippen molar-refractivity contribution in [1.82, 2.24) is 15.0 Å². The summed E-state index contributed by atoms with van der Waals surface area (Å²) in [5, 5.41) is 0.881. The molecule has 2 heterocycles. The van der Waals surface area contributed by atoms with Crippen molar-refractivity contribution >= 4 is 45.0 Å². The molecule has 0 bridgehead atoms. The first-order chi connectivity index (χ1) is 8.83. The first-order valence-corrected chi connectivity index (χ1v) is 7.45. The maximum absolute atomic E-state index is 5.90. The van der Waals surface area contributed by atoms with Gasteiger partial charge in [-0.1, -0.05) is 65.0 Å². The molecule has 6 heteroatoms. The van der Waals surface area contributed by atoms with Crippen LogP contribution in [0.25, 0.3) is 10.3 Å². The predicted octanol–water partition coefficient (Wildman–Crippen LogP) is 4.03. The van der Waals surface area contributed by atoms with Crippen molar-refractivity contribution in [1.29, 1.82) is 0 Å². The quantitative estimate of drug-likeness (QED) is 0.540. The number of hydrogen-bond acceptors (Lipinski definition) is 5. The van der Waals surface area contributed by atoms with E-state index >= 15 is 0 Å². The summed E-state index contributed by atoms with van der Waals surface area (Å²) in [4.78, 5) is 13.5. The summed E-state index contributed by atoms with van der Waals surface area (Å²) in [6.07, 6.45) is 1.56. The van der Waals surface area contributed by atoms with E-state index in [1.54, 1.807) is 18.1 Å². The summed E-state index contributed by atoms with van der Waals surface area (Å²) in [5.74, 6) is 0.863. The Morgan fingerprint density at radius 2 is 2.00 bits per heavy atom. The van der Waals surface area contributed by atoms with Crippen LogP contribution in [-0.2, 0) is 5.75 Å². The zero-order valence-corrected chi connectivity index (χ0v) is 11.6. The Morgan fingerprint density at radius 1 is 1.17 bits per heavy atom. The second-order valence-electron chi connectivity index (χ2n) is 3.57. The molecular weight excluding hydrogens is 286 g/mol. The molecule has 3 rings (SSSR count). The van der Waals surface area contributed by atoms with E-state index in [0.29, 0.717) is 4.47 Å². The molecule has 0 unspecified atom stereocenters. The number of thiazole rings is 1. The molecule has 0 atom stereocenters. The predicted molar refractivity (Wildman–Crippen MR) is 76.2 cm³/mol. The fraction of sp³-hybridized carbons (Fsp3) is 0.0833. The van der Waals surface area contributed by atoms with Gasteiger partial charge in [-0.15, -0.1) is 0 Å². The van der Waals surface area contributed by atoms with Gasteiger partial charge in [-0.25, -0.2) is 15.0 Å². The minimum atomic E-state index is 0.507. The van der Waals surface area contributed by atoms with E-state index in [1.807, 2.05) is 18.2 Å². The topological polar surface area (TPSA) is 38.7 Å². The fourth-order valence-corrected chi connectivity index (χ4v) is 3.44. The number of thioether (sulfide) groups is 1. The Kier molecular flexibility index (Phi) is 3.45. The van der Waals surface area contributed by atoms with Gasteiger partial charge in [-0.05, 0) is 5.56 Å². The first kappa shape index (κ1) is 11.9. The van der Waals surface area contributed by atoms with Crippen molar-refractivity contribution in [2.45, 2.75) is 10.8 Å². The first-order valence-electron chi connectivity index (χ1n) is 5.27. The minimum Gasteiger partial charge on any atom is -0.228 e. The molecule has 2 aromatic heterocycles. The van der Waals surface area contributed by atoms with E-state index in [2.05, 4.69) is 27.1 Å². The Bertz CT molecular complexity index is 669. The van der Waals surface area contributed by atoms with Crippen molar-refractivity contribution in [2.24, 2.45) is 0 Å². The highest BCUT2D eigenvalue weighted by atomic mass is 35.5. The van der Waals surface area contributed by atoms with Crippen LogP contribution in [0.1, 0.15) is 5.56 Å². The number of nitrogens with zero attached hydrogens (tertiary/aromatic N) is 3. The molecule has 0 aliphatic carbocycles. The zero-order valence-electron chi connectivity index (χ0n) is 9.21. The Morgan fingerprint density at radius 3 is 2.83 bits per heavy atom. The summed E-state index contributed by atoms with van der Waals surface area (Å²) in [6, 6.07) is 10.3. The van der Waals surface area contributed by atoms with E-state index in [1.165, 1.54) is 16.9 Å². The third kappa shape index (κ3) is 2.48. The Hall–Kier alpha value is -1.17. The maximum Gasteiger partial charge on any atom is 0.186 e. The molecule has 0 radical (unpaired) electrons. The molecule has 0 aliphatic heterocycles. The van der Waals surface area contributed by atoms with Crippen LogP contribution in [0, 0.1) is 0 Å². The fourth-order valence-electron chi connectivity index (χ4n) is 1.54. The molecule has 0 aliphatic rings. The average Bonchev–Trinajstić information content (AvgIpc) is 2.78. The second kappa shape index (κ2) is 5.22. The smallest absolute Gasteiger partial charge is 0.186 e. The standard InChI is InChI=1S/C12H8ClN3S2/c13-12-16-9-10(14-7-15-11(9)18-12)17-6-8-4-2-1-3-5-8/h1-5,7H,6H2. The lowest BCUT2D eigenvalue weighted by Gasteiger charge is -2.01. The molecule has 3 nitrogen and oxygen atoms in total. The summed E-state index contributed by atoms with van der Waals surface area (Å²) < 4.78 is 0.507. The van der Waals surface area contributed by atoms with Gasteiger partial charge in [0.25, 0.3) is 0 Å². The molecule has 0 saturated heterocycles. The van der Waals surface area contributed by atoms with Crippen LogP contribution in [0.5, 0.6) is 0 Å². The van der Waals surface area contributed by atoms with Crippen molar-refractivity contribution in [3.05, 3.63) is 46.7 Å². The number of benzene rings is 1. The Labute approximate surface area is 117 Å². The van der Waals surface area contributed by atoms with Crippen molar-refractivity contribution < 1.29 is 0 Å². The molecule has 0 saturated carbocycles. The van der Waals surface area contributed by atoms with Gasteiger partial charge in [0.05, 0.1) is 0 Å². The third-order valence-corrected chi connectivity index (χ3v) is 4.47. The number of fused-ring (bicyclic) bond motifs is 1. The molecule has 0 spiro atoms. The highest BCUT2D eigenvalue weighted by Gasteiger charge is 2.09. The van der Waals surface area contributed by atoms with Crippen LogP contribution in [0.4, 0.5) is 0 Å². The van der Waals surface area contributed by atoms with Gasteiger partial charge in [-0.3, -0.25) is 0 Å². The molecule has 90 valence electrons. The summed E-state index contributed by atoms with van der Waals surface area (Å²) >= 11 is 8.93. The van der Waals surface area contributed by atoms with Gasteiger partial charge in [0.15, 0.2) is 4.47 Å². The van der Waals surface area contributed by atoms with Crippen LogP contribution in [-0.4, -0.2) is 15.0 Å². The zero-order chi connectivity index (χ0) is 12.4. The summed E-state index contributed by atoms with van der Waals surface area (Å²) in [7, 11) is 0. The van der Waals surface area contributed by atoms with E-state index in [4.69, 9.17) is 11.6 Å². The summed E-state index contributed by atoms with van der Waals surface area (Å²) in [5.41, 5.74) is 2.06. The van der Waals surface area contributed by atoms with Gasteiger partial charge in [0.1, 0.15) is 21.7 Å². The van der Waals surface area contributed by atoms with Crippen LogP contribution in [0.15, 0.2) is 41.7 Å². The van der Waals surface area contributed by atoms with Gasteiger partial charge < -0.3 is 0 Å². The number of aromatic nitrogens is 3. The average molecular weight is 294 g/mol. The highest BCUT2D eigenvalue weighted by Crippen LogP contribution is 2.31. The maximum atomic E-state index is 5.90. The third-order valence-electron chi connectivity index (χ3n) is 2.35. The van der Waals surface area contributed by atoms with Gasteiger partial charge >= 0.3 is 0 Å². The lowest BCUT2D eigenvalue weighted by atomic mass is 10.2. The SMILES string of the molecule is Clc1nc2c(SCc3ccccc3)ncnc2s1. The number of halogens is 1. The van der Waals surface area contributed by atoms with E-state index < -0.39 is 0 Å². The lowest BCUT2D eigenvalue weighted by Crippen LogP contribution is -1.86. The van der Waals surface area contributed by atoms with E-state index in [0.717, 1.165) is 21.1 Å². The van der Waals surface area contributed by atoms with Crippen molar-refractivity contribution in [3.8, 4) is 0 Å². The molecule has 3 aromatic rings. The van der Waals surface area contributed by atoms with Gasteiger partial charge in [-0.2, -0.15) is 0 Å². The van der Waals surface area contributed by atoms with Gasteiger partial charge in [0, 0.05) is 5.75 Å². The monoisotopic (exact) mass is 293 g/mol. The lowest BCUT2D eigenvalue weighted by molar-refractivity contribution is 1.09. The van der Waals surface area contributed by atoms with E-state index in [-0.39, 0.29) is 0 Å². The van der Waals surface area contributed by atoms with Crippen molar-refractivity contribution in [3.63, 3.8) is 0 Å². The van der Waals surface area contributed by atoms with Crippen LogP contribution >= 0.6 is 34.7 Å².